The van der Waals surface area contributed by atoms with Crippen LogP contribution in [0.5, 0.6) is 0 Å². The van der Waals surface area contributed by atoms with Gasteiger partial charge in [0, 0.05) is 13.1 Å². The number of nitrogens with zero attached hydrogens (tertiary/aromatic N) is 2. The largest absolute Gasteiger partial charge is 0.361 e. The minimum atomic E-state index is 0.862. The predicted octanol–water partition coefficient (Wildman–Crippen LogP) is 6.09. The Morgan fingerprint density at radius 2 is 1.19 bits per heavy atom. The second kappa shape index (κ2) is 18.9. The van der Waals surface area contributed by atoms with Gasteiger partial charge in [-0.05, 0) is 45.1 Å². The molecule has 0 unspecified atom stereocenters. The molecule has 0 bridgehead atoms. The van der Waals surface area contributed by atoms with Gasteiger partial charge in [0.2, 0.25) is 0 Å². The molecule has 0 aromatic rings. The van der Waals surface area contributed by atoms with E-state index in [0.29, 0.717) is 0 Å². The summed E-state index contributed by atoms with van der Waals surface area (Å²) in [5, 5.41) is 0. The van der Waals surface area contributed by atoms with E-state index < -0.39 is 0 Å². The first kappa shape index (κ1) is 23.2. The summed E-state index contributed by atoms with van der Waals surface area (Å²) in [6, 6.07) is 0. The number of aliphatic imine (C=N–C) groups is 1. The maximum Gasteiger partial charge on any atom is 0.0851 e. The molecule has 0 amide bonds. The molecule has 0 radical (unpaired) electrons. The molecule has 26 heavy (non-hydrogen) atoms. The van der Waals surface area contributed by atoms with Gasteiger partial charge in [-0.1, -0.05) is 76.4 Å². The Morgan fingerprint density at radius 1 is 0.692 bits per heavy atom. The van der Waals surface area contributed by atoms with Crippen LogP contribution in [0.3, 0.4) is 0 Å². The van der Waals surface area contributed by atoms with Crippen molar-refractivity contribution in [3.05, 3.63) is 12.2 Å². The van der Waals surface area contributed by atoms with Gasteiger partial charge in [-0.25, -0.2) is 0 Å². The smallest absolute Gasteiger partial charge is 0.0851 e. The van der Waals surface area contributed by atoms with E-state index in [0.717, 1.165) is 19.6 Å². The lowest BCUT2D eigenvalue weighted by atomic mass is 10.1. The fraction of sp³-hybridized carbons (Fsp3) is 0.870. The Bertz CT molecular complexity index is 338. The topological polar surface area (TPSA) is 41.6 Å². The zero-order valence-corrected chi connectivity index (χ0v) is 17.3. The lowest BCUT2D eigenvalue weighted by Crippen LogP contribution is -2.20. The highest BCUT2D eigenvalue weighted by Gasteiger charge is 2.03. The molecule has 0 saturated carbocycles. The molecule has 0 aliphatic carbocycles. The summed E-state index contributed by atoms with van der Waals surface area (Å²) in [4.78, 5) is 6.61. The van der Waals surface area contributed by atoms with Crippen LogP contribution < -0.4 is 5.73 Å². The third kappa shape index (κ3) is 15.4. The Morgan fingerprint density at radius 3 is 1.69 bits per heavy atom. The number of allylic oxidation sites excluding steroid dienone is 2. The first-order chi connectivity index (χ1) is 12.9. The molecule has 1 heterocycles. The maximum absolute atomic E-state index is 5.51. The molecule has 1 aliphatic heterocycles. The summed E-state index contributed by atoms with van der Waals surface area (Å²) >= 11 is 0. The maximum atomic E-state index is 5.51. The number of hydrogen-bond donors (Lipinski definition) is 1. The van der Waals surface area contributed by atoms with Crippen LogP contribution in [0, 0.1) is 0 Å². The monoisotopic (exact) mass is 363 g/mol. The first-order valence-electron chi connectivity index (χ1n) is 11.5. The van der Waals surface area contributed by atoms with Crippen molar-refractivity contribution >= 4 is 6.34 Å². The van der Waals surface area contributed by atoms with E-state index in [2.05, 4.69) is 22.0 Å². The van der Waals surface area contributed by atoms with Gasteiger partial charge >= 0.3 is 0 Å². The van der Waals surface area contributed by atoms with E-state index in [4.69, 9.17) is 5.73 Å². The molecule has 0 fully saturated rings. The molecule has 152 valence electrons. The van der Waals surface area contributed by atoms with Crippen molar-refractivity contribution in [2.45, 2.75) is 103 Å². The third-order valence-electron chi connectivity index (χ3n) is 5.32. The summed E-state index contributed by atoms with van der Waals surface area (Å²) < 4.78 is 0. The lowest BCUT2D eigenvalue weighted by Gasteiger charge is -2.12. The SMILES string of the molecule is NCCCCCCCCCC/C=C\CCCCCCCCN1C=NCC1. The van der Waals surface area contributed by atoms with Crippen molar-refractivity contribution in [3.63, 3.8) is 0 Å². The van der Waals surface area contributed by atoms with E-state index in [-0.39, 0.29) is 0 Å². The fourth-order valence-corrected chi connectivity index (χ4v) is 3.57. The van der Waals surface area contributed by atoms with Gasteiger partial charge in [-0.15, -0.1) is 0 Å². The normalized spacial score (nSPS) is 14.1. The summed E-state index contributed by atoms with van der Waals surface area (Å²) in [5.41, 5.74) is 5.51. The number of hydrogen-bond acceptors (Lipinski definition) is 3. The lowest BCUT2D eigenvalue weighted by molar-refractivity contribution is 0.439. The molecule has 0 aromatic heterocycles. The zero-order valence-electron chi connectivity index (χ0n) is 17.3. The van der Waals surface area contributed by atoms with Crippen molar-refractivity contribution in [3.8, 4) is 0 Å². The Balaban J connectivity index is 1.68. The van der Waals surface area contributed by atoms with Crippen LogP contribution >= 0.6 is 0 Å². The quantitative estimate of drug-likeness (QED) is 0.223. The molecule has 0 aromatic carbocycles. The molecule has 0 spiro atoms. The molecule has 2 N–H and O–H groups in total. The number of unbranched alkanes of at least 4 members (excludes halogenated alkanes) is 14. The average Bonchev–Trinajstić information content (AvgIpc) is 3.17. The van der Waals surface area contributed by atoms with Crippen LogP contribution in [0.25, 0.3) is 0 Å². The van der Waals surface area contributed by atoms with E-state index in [1.165, 1.54) is 109 Å². The van der Waals surface area contributed by atoms with Gasteiger partial charge in [-0.2, -0.15) is 0 Å². The highest BCUT2D eigenvalue weighted by atomic mass is 15.2. The fourth-order valence-electron chi connectivity index (χ4n) is 3.57. The molecular formula is C23H45N3. The zero-order chi connectivity index (χ0) is 18.5. The van der Waals surface area contributed by atoms with E-state index in [9.17, 15) is 0 Å². The number of rotatable bonds is 19. The summed E-state index contributed by atoms with van der Waals surface area (Å²) in [7, 11) is 0. The third-order valence-corrected chi connectivity index (χ3v) is 5.32. The molecule has 1 aliphatic rings. The van der Waals surface area contributed by atoms with Gasteiger partial charge in [-0.3, -0.25) is 4.99 Å². The van der Waals surface area contributed by atoms with Crippen LogP contribution in [-0.4, -0.2) is 37.4 Å². The van der Waals surface area contributed by atoms with Crippen LogP contribution in [0.1, 0.15) is 103 Å². The average molecular weight is 364 g/mol. The Kier molecular flexibility index (Phi) is 16.9. The van der Waals surface area contributed by atoms with E-state index >= 15 is 0 Å². The van der Waals surface area contributed by atoms with Crippen LogP contribution in [0.15, 0.2) is 17.1 Å². The molecule has 0 saturated heterocycles. The summed E-state index contributed by atoms with van der Waals surface area (Å²) in [6.07, 6.45) is 28.7. The first-order valence-corrected chi connectivity index (χ1v) is 11.5. The summed E-state index contributed by atoms with van der Waals surface area (Å²) in [5.74, 6) is 0. The second-order valence-corrected chi connectivity index (χ2v) is 7.84. The van der Waals surface area contributed by atoms with E-state index in [1.54, 1.807) is 0 Å². The van der Waals surface area contributed by atoms with E-state index in [1.807, 2.05) is 6.34 Å². The van der Waals surface area contributed by atoms with Crippen molar-refractivity contribution in [2.75, 3.05) is 26.2 Å². The Hall–Kier alpha value is -0.830. The highest BCUT2D eigenvalue weighted by molar-refractivity contribution is 5.56. The molecule has 3 heteroatoms. The van der Waals surface area contributed by atoms with Gasteiger partial charge < -0.3 is 10.6 Å². The molecular weight excluding hydrogens is 318 g/mol. The minimum absolute atomic E-state index is 0.862. The van der Waals surface area contributed by atoms with Gasteiger partial charge in [0.15, 0.2) is 0 Å². The Labute approximate surface area is 163 Å². The van der Waals surface area contributed by atoms with Crippen molar-refractivity contribution in [2.24, 2.45) is 10.7 Å². The van der Waals surface area contributed by atoms with Crippen molar-refractivity contribution in [1.82, 2.24) is 4.90 Å². The van der Waals surface area contributed by atoms with Crippen LogP contribution in [0.2, 0.25) is 0 Å². The van der Waals surface area contributed by atoms with Crippen molar-refractivity contribution in [1.29, 1.82) is 0 Å². The molecule has 0 atom stereocenters. The van der Waals surface area contributed by atoms with Crippen LogP contribution in [-0.2, 0) is 0 Å². The standard InChI is InChI=1S/C23H45N3/c24-19-17-15-13-11-9-7-5-3-1-2-4-6-8-10-12-14-16-18-21-26-22-20-25-23-26/h2,4,23H,1,3,5-22,24H2/b4-2-. The van der Waals surface area contributed by atoms with Crippen molar-refractivity contribution < 1.29 is 0 Å². The van der Waals surface area contributed by atoms with Gasteiger partial charge in [0.25, 0.3) is 0 Å². The van der Waals surface area contributed by atoms with Gasteiger partial charge in [0.05, 0.1) is 12.9 Å². The number of nitrogens with two attached hydrogens (primary N) is 1. The highest BCUT2D eigenvalue weighted by Crippen LogP contribution is 2.11. The minimum Gasteiger partial charge on any atom is -0.361 e. The predicted molar refractivity (Wildman–Crippen MR) is 117 cm³/mol. The van der Waals surface area contributed by atoms with Gasteiger partial charge in [0.1, 0.15) is 0 Å². The molecule has 1 rings (SSSR count). The van der Waals surface area contributed by atoms with Crippen LogP contribution in [0.4, 0.5) is 0 Å². The summed E-state index contributed by atoms with van der Waals surface area (Å²) in [6.45, 7) is 4.21. The second-order valence-electron chi connectivity index (χ2n) is 7.84. The molecule has 3 nitrogen and oxygen atoms in total.